The van der Waals surface area contributed by atoms with Crippen molar-refractivity contribution in [3.05, 3.63) is 60.8 Å². The van der Waals surface area contributed by atoms with E-state index in [-0.39, 0.29) is 19.4 Å². The van der Waals surface area contributed by atoms with Crippen LogP contribution in [-0.2, 0) is 28.2 Å². The number of phosphoric acid groups is 1. The maximum atomic E-state index is 12.3. The molecule has 0 fully saturated rings. The van der Waals surface area contributed by atoms with E-state index in [2.05, 4.69) is 42.7 Å². The average molecular weight is 683 g/mol. The number of phosphoric ester groups is 1. The minimum atomic E-state index is -4.79. The van der Waals surface area contributed by atoms with Gasteiger partial charge in [0.15, 0.2) is 6.10 Å². The molecule has 0 heterocycles. The third-order valence-electron chi connectivity index (χ3n) is 7.09. The summed E-state index contributed by atoms with van der Waals surface area (Å²) in [5, 5.41) is 10.1. The van der Waals surface area contributed by atoms with Crippen molar-refractivity contribution in [2.24, 2.45) is 0 Å². The van der Waals surface area contributed by atoms with Crippen LogP contribution in [0.25, 0.3) is 0 Å². The van der Waals surface area contributed by atoms with Crippen molar-refractivity contribution in [2.45, 2.75) is 148 Å². The van der Waals surface area contributed by atoms with E-state index in [0.717, 1.165) is 51.4 Å². The largest absolute Gasteiger partial charge is 0.469 e. The third-order valence-corrected chi connectivity index (χ3v) is 7.57. The lowest BCUT2D eigenvalue weighted by Gasteiger charge is -2.18. The zero-order valence-corrected chi connectivity index (χ0v) is 29.9. The summed E-state index contributed by atoms with van der Waals surface area (Å²) in [6, 6.07) is 0. The van der Waals surface area contributed by atoms with Gasteiger partial charge in [0.25, 0.3) is 0 Å². The first-order valence-corrected chi connectivity index (χ1v) is 19.2. The van der Waals surface area contributed by atoms with Crippen molar-refractivity contribution in [1.29, 1.82) is 0 Å². The molecule has 0 aliphatic carbocycles. The van der Waals surface area contributed by atoms with Crippen LogP contribution < -0.4 is 0 Å². The molecule has 0 saturated carbocycles. The Morgan fingerprint density at radius 2 is 1.26 bits per heavy atom. The monoisotopic (exact) mass is 682 g/mol. The normalized spacial score (nSPS) is 13.9. The number of ether oxygens (including phenoxy) is 2. The van der Waals surface area contributed by atoms with Crippen molar-refractivity contribution in [1.82, 2.24) is 0 Å². The molecule has 0 aromatic rings. The van der Waals surface area contributed by atoms with E-state index >= 15 is 0 Å². The highest BCUT2D eigenvalue weighted by molar-refractivity contribution is 7.46. The van der Waals surface area contributed by atoms with Crippen molar-refractivity contribution in [3.8, 4) is 0 Å². The molecule has 0 bridgehead atoms. The lowest BCUT2D eigenvalue weighted by Crippen LogP contribution is -2.29. The average Bonchev–Trinajstić information content (AvgIpc) is 3.03. The third kappa shape index (κ3) is 34.9. The summed E-state index contributed by atoms with van der Waals surface area (Å²) >= 11 is 0. The summed E-state index contributed by atoms with van der Waals surface area (Å²) in [6.07, 6.45) is 35.5. The topological polar surface area (TPSA) is 140 Å². The lowest BCUT2D eigenvalue weighted by atomic mass is 10.1. The van der Waals surface area contributed by atoms with Crippen LogP contribution in [0, 0.1) is 0 Å². The van der Waals surface area contributed by atoms with Crippen molar-refractivity contribution >= 4 is 19.8 Å². The number of aliphatic hydroxyl groups excluding tert-OH is 1. The van der Waals surface area contributed by atoms with Crippen molar-refractivity contribution in [3.63, 3.8) is 0 Å². The fraction of sp³-hybridized carbons (Fsp3) is 0.676. The molecule has 0 aromatic heterocycles. The molecule has 1 unspecified atom stereocenters. The van der Waals surface area contributed by atoms with Crippen LogP contribution in [0.15, 0.2) is 60.8 Å². The number of aliphatic hydroxyl groups is 1. The van der Waals surface area contributed by atoms with Gasteiger partial charge in [-0.3, -0.25) is 14.1 Å². The molecule has 0 amide bonds. The summed E-state index contributed by atoms with van der Waals surface area (Å²) < 4.78 is 26.1. The van der Waals surface area contributed by atoms with Crippen LogP contribution in [0.2, 0.25) is 0 Å². The number of unbranched alkanes of at least 4 members (excludes halogenated alkanes) is 11. The Hall–Kier alpha value is -2.29. The van der Waals surface area contributed by atoms with Gasteiger partial charge in [-0.2, -0.15) is 0 Å². The molecule has 3 N–H and O–H groups in total. The second-order valence-corrected chi connectivity index (χ2v) is 12.9. The zero-order valence-electron chi connectivity index (χ0n) is 29.0. The number of carbonyl (C=O) groups excluding carboxylic acids is 2. The van der Waals surface area contributed by atoms with Crippen molar-refractivity contribution in [2.75, 3.05) is 13.2 Å². The zero-order chi connectivity index (χ0) is 34.9. The molecular weight excluding hydrogens is 619 g/mol. The summed E-state index contributed by atoms with van der Waals surface area (Å²) in [6.45, 7) is 3.45. The highest BCUT2D eigenvalue weighted by atomic mass is 31.2. The standard InChI is InChI=1S/C37H63O9P/c1-3-5-7-9-11-13-14-16-18-22-26-30-36(39)44-32-35(33-45-47(41,42)43)46-37(40)31-27-23-19-21-25-29-34(38)28-24-20-17-15-12-10-8-6-4-2/h9,11-12,15,19-21,24-25,29,34-35,38H,3-8,10,13-14,16-18,22-23,26-28,30-33H2,1-2H3,(H2,41,42,43)/b11-9-,15-12-,21-19+,24-20-,29-25-/t34?,35-/m1/s1. The highest BCUT2D eigenvalue weighted by Crippen LogP contribution is 2.35. The molecule has 47 heavy (non-hydrogen) atoms. The van der Waals surface area contributed by atoms with E-state index in [0.29, 0.717) is 25.7 Å². The van der Waals surface area contributed by atoms with Gasteiger partial charge >= 0.3 is 19.8 Å². The second kappa shape index (κ2) is 32.3. The van der Waals surface area contributed by atoms with E-state index in [1.807, 2.05) is 18.2 Å². The molecule has 2 atom stereocenters. The maximum Gasteiger partial charge on any atom is 0.469 e. The van der Waals surface area contributed by atoms with E-state index in [1.165, 1.54) is 32.1 Å². The molecule has 9 nitrogen and oxygen atoms in total. The first kappa shape index (κ1) is 44.7. The van der Waals surface area contributed by atoms with Gasteiger partial charge in [-0.15, -0.1) is 0 Å². The second-order valence-electron chi connectivity index (χ2n) is 11.7. The Bertz CT molecular complexity index is 965. The molecule has 0 aromatic carbocycles. The fourth-order valence-corrected chi connectivity index (χ4v) is 4.73. The van der Waals surface area contributed by atoms with Gasteiger partial charge in [0.05, 0.1) is 12.7 Å². The SMILES string of the molecule is CCCC/C=C\CCCCCCCC(=O)OC[C@H](COP(=O)(O)O)OC(=O)CCC/C=C/C=C\C(O)C/C=C\C/C=C\CCCCC. The van der Waals surface area contributed by atoms with E-state index in [1.54, 1.807) is 18.2 Å². The Labute approximate surface area is 284 Å². The van der Waals surface area contributed by atoms with Gasteiger partial charge in [0.1, 0.15) is 6.61 Å². The number of allylic oxidation sites excluding steroid dienone is 8. The molecular formula is C37H63O9P. The van der Waals surface area contributed by atoms with Crippen molar-refractivity contribution < 1.29 is 43.0 Å². The van der Waals surface area contributed by atoms with Gasteiger partial charge in [0.2, 0.25) is 0 Å². The molecule has 0 rings (SSSR count). The molecule has 0 aliphatic heterocycles. The summed E-state index contributed by atoms with van der Waals surface area (Å²) in [7, 11) is -4.79. The smallest absolute Gasteiger partial charge is 0.462 e. The Balaban J connectivity index is 4.24. The van der Waals surface area contributed by atoms with Crippen LogP contribution in [0.5, 0.6) is 0 Å². The van der Waals surface area contributed by atoms with Crippen LogP contribution in [-0.4, -0.2) is 52.3 Å². The van der Waals surface area contributed by atoms with Gasteiger partial charge < -0.3 is 24.4 Å². The number of rotatable bonds is 31. The summed E-state index contributed by atoms with van der Waals surface area (Å²) in [5.74, 6) is -1.03. The maximum absolute atomic E-state index is 12.3. The molecule has 0 spiro atoms. The number of esters is 2. The number of hydrogen-bond acceptors (Lipinski definition) is 7. The Morgan fingerprint density at radius 3 is 1.98 bits per heavy atom. The summed E-state index contributed by atoms with van der Waals surface area (Å²) in [4.78, 5) is 42.5. The first-order valence-electron chi connectivity index (χ1n) is 17.7. The quantitative estimate of drug-likeness (QED) is 0.0215. The van der Waals surface area contributed by atoms with Gasteiger partial charge in [-0.05, 0) is 64.2 Å². The first-order chi connectivity index (χ1) is 22.7. The molecule has 10 heteroatoms. The van der Waals surface area contributed by atoms with Crippen LogP contribution >= 0.6 is 7.82 Å². The Morgan fingerprint density at radius 1 is 0.660 bits per heavy atom. The van der Waals surface area contributed by atoms with E-state index < -0.39 is 38.6 Å². The highest BCUT2D eigenvalue weighted by Gasteiger charge is 2.22. The molecule has 0 aliphatic rings. The predicted molar refractivity (Wildman–Crippen MR) is 190 cm³/mol. The fourth-order valence-electron chi connectivity index (χ4n) is 4.37. The number of carbonyl (C=O) groups is 2. The molecule has 0 saturated heterocycles. The van der Waals surface area contributed by atoms with E-state index in [9.17, 15) is 19.3 Å². The minimum Gasteiger partial charge on any atom is -0.462 e. The Kier molecular flexibility index (Phi) is 30.7. The van der Waals surface area contributed by atoms with Gasteiger partial charge in [-0.25, -0.2) is 4.57 Å². The van der Waals surface area contributed by atoms with Crippen LogP contribution in [0.3, 0.4) is 0 Å². The summed E-state index contributed by atoms with van der Waals surface area (Å²) in [5.41, 5.74) is 0. The number of hydrogen-bond donors (Lipinski definition) is 3. The predicted octanol–water partition coefficient (Wildman–Crippen LogP) is 9.14. The molecule has 0 radical (unpaired) electrons. The minimum absolute atomic E-state index is 0.0728. The van der Waals surface area contributed by atoms with E-state index in [4.69, 9.17) is 19.3 Å². The van der Waals surface area contributed by atoms with Crippen LogP contribution in [0.1, 0.15) is 136 Å². The van der Waals surface area contributed by atoms with Gasteiger partial charge in [0, 0.05) is 12.8 Å². The van der Waals surface area contributed by atoms with Gasteiger partial charge in [-0.1, -0.05) is 120 Å². The molecule has 270 valence electrons. The van der Waals surface area contributed by atoms with Crippen LogP contribution in [0.4, 0.5) is 0 Å². The lowest BCUT2D eigenvalue weighted by molar-refractivity contribution is -0.161.